The molecule has 1 aliphatic rings. The van der Waals surface area contributed by atoms with E-state index in [-0.39, 0.29) is 50.2 Å². The molecule has 0 radical (unpaired) electrons. The van der Waals surface area contributed by atoms with Crippen molar-refractivity contribution in [2.24, 2.45) is 64.2 Å². The van der Waals surface area contributed by atoms with Crippen LogP contribution in [0.2, 0.25) is 0 Å². The molecular weight excluding hydrogens is 1480 g/mol. The Kier molecular flexibility index (Phi) is 40.7. The largest absolute Gasteiger partial charge is 2.00 e. The van der Waals surface area contributed by atoms with Gasteiger partial charge in [-0.2, -0.15) is 0 Å². The van der Waals surface area contributed by atoms with Crippen LogP contribution in [0.25, 0.3) is 34.1 Å². The first-order valence-corrected chi connectivity index (χ1v) is 36.9. The van der Waals surface area contributed by atoms with Crippen molar-refractivity contribution in [3.8, 4) is 22.8 Å². The standard InChI is InChI=1S/C17H24N2.2C16H22N3.C16H23NO2.C11H15NO2.C10H13NO2.Pt/c1-12(2)7-14-5-6-17(19-10-14)15-9-16(18-11-15)8-13(3)4;2*1-11(2)7-13-5-6-15(17-10-13)16-9-14(18-19-16)8-12(3)4;1-11(2)7-13-5-6-15(17-10-13)16(19)9-14(18)8-12(3)4;1-8(2)6-9-4-5-10(12-7-9)11(13)14-3;1-7(2)5-8-3-4-9(10(12)13)11-6-8;/h5-6,9-10,12-13H,7-8,11H2,1-4H3;2*5-6,9-12H,7-8H2,1-4H3;5-6,9-12,19H,7-8H2,1-4H3;4-5,7-8H,6H2,1-3H3;3-4,6-7H,5H2,1-2H3,(H,12,13);/q;2*-1;;;;+2. The fourth-order valence-corrected chi connectivity index (χ4v) is 10.9. The number of carbonyl (C=O) groups is 3. The molecule has 1 aliphatic heterocycles. The molecule has 0 saturated heterocycles. The molecule has 2 N–H and O–H groups in total. The van der Waals surface area contributed by atoms with Crippen molar-refractivity contribution in [1.29, 1.82) is 0 Å². The first kappa shape index (κ1) is 89.8. The number of aromatic nitrogens is 10. The fraction of sp³-hybridized carbons (Fsp3) is 0.488. The minimum Gasteiger partial charge on any atom is -0.573 e. The number of ether oxygens (including phenoxy) is 1. The van der Waals surface area contributed by atoms with Gasteiger partial charge in [0.15, 0.2) is 5.78 Å². The summed E-state index contributed by atoms with van der Waals surface area (Å²) in [7, 11) is 1.35. The van der Waals surface area contributed by atoms with E-state index in [2.05, 4.69) is 215 Å². The summed E-state index contributed by atoms with van der Waals surface area (Å²) >= 11 is 0. The van der Waals surface area contributed by atoms with E-state index in [9.17, 15) is 19.5 Å². The predicted molar refractivity (Wildman–Crippen MR) is 420 cm³/mol. The first-order valence-electron chi connectivity index (χ1n) is 36.9. The average Bonchev–Trinajstić information content (AvgIpc) is 1.67. The van der Waals surface area contributed by atoms with Gasteiger partial charge in [0.05, 0.1) is 19.3 Å². The quantitative estimate of drug-likeness (QED) is 0.0276. The van der Waals surface area contributed by atoms with Gasteiger partial charge in [0.25, 0.3) is 0 Å². The number of rotatable bonds is 27. The molecule has 0 amide bonds. The Labute approximate surface area is 636 Å². The number of hydrogen-bond donors (Lipinski definition) is 2. The van der Waals surface area contributed by atoms with E-state index in [0.29, 0.717) is 71.1 Å². The zero-order valence-corrected chi connectivity index (χ0v) is 68.3. The molecular formula is C86H119N11O6Pt. The molecule has 18 heteroatoms. The number of carboxylic acids is 1. The van der Waals surface area contributed by atoms with Crippen molar-refractivity contribution in [2.45, 2.75) is 203 Å². The number of carboxylic acid groups (broad SMARTS) is 1. The maximum Gasteiger partial charge on any atom is 2.00 e. The summed E-state index contributed by atoms with van der Waals surface area (Å²) < 4.78 is 4.56. The van der Waals surface area contributed by atoms with Gasteiger partial charge in [-0.25, -0.2) is 19.6 Å². The third-order valence-electron chi connectivity index (χ3n) is 15.3. The molecule has 8 aromatic heterocycles. The second kappa shape index (κ2) is 47.1. The van der Waals surface area contributed by atoms with E-state index in [1.54, 1.807) is 36.8 Å². The number of aliphatic hydroxyl groups is 1. The van der Waals surface area contributed by atoms with E-state index in [1.807, 2.05) is 74.9 Å². The van der Waals surface area contributed by atoms with Crippen LogP contribution in [-0.4, -0.2) is 87.4 Å². The minimum atomic E-state index is -0.976. The van der Waals surface area contributed by atoms with Gasteiger partial charge in [-0.05, 0) is 193 Å². The van der Waals surface area contributed by atoms with E-state index >= 15 is 0 Å². The van der Waals surface area contributed by atoms with Crippen molar-refractivity contribution < 1.29 is 50.4 Å². The maximum atomic E-state index is 11.6. The number of aromatic carboxylic acids is 1. The van der Waals surface area contributed by atoms with Gasteiger partial charge in [-0.1, -0.05) is 198 Å². The van der Waals surface area contributed by atoms with E-state index in [1.165, 1.54) is 41.2 Å². The third-order valence-corrected chi connectivity index (χ3v) is 15.3. The molecule has 9 heterocycles. The summed E-state index contributed by atoms with van der Waals surface area (Å²) in [6, 6.07) is 27.5. The molecule has 17 nitrogen and oxygen atoms in total. The average molecular weight is 1600 g/mol. The van der Waals surface area contributed by atoms with Crippen LogP contribution in [0.15, 0.2) is 139 Å². The second-order valence-electron chi connectivity index (χ2n) is 31.0. The van der Waals surface area contributed by atoms with Gasteiger partial charge in [-0.15, -0.1) is 0 Å². The number of hydrogen-bond acceptors (Lipinski definition) is 14. The number of aliphatic hydroxyl groups excluding tert-OH is 1. The third kappa shape index (κ3) is 36.3. The Hall–Kier alpha value is -8.43. The second-order valence-corrected chi connectivity index (χ2v) is 31.0. The first-order chi connectivity index (χ1) is 48.7. The Balaban J connectivity index is 0.000000325. The Bertz CT molecular complexity index is 3690. The zero-order chi connectivity index (χ0) is 76.3. The van der Waals surface area contributed by atoms with Crippen LogP contribution >= 0.6 is 0 Å². The van der Waals surface area contributed by atoms with Crippen LogP contribution in [0.3, 0.4) is 0 Å². The van der Waals surface area contributed by atoms with Crippen LogP contribution < -0.4 is 10.2 Å². The van der Waals surface area contributed by atoms with Gasteiger partial charge in [-0.3, -0.25) is 29.7 Å². The molecule has 0 spiro atoms. The summed E-state index contributed by atoms with van der Waals surface area (Å²) in [5, 5.41) is 35.3. The molecule has 0 atom stereocenters. The molecule has 0 aromatic carbocycles. The maximum absolute atomic E-state index is 11.6. The predicted octanol–water partition coefficient (Wildman–Crippen LogP) is 19.0. The Morgan fingerprint density at radius 3 is 1.04 bits per heavy atom. The van der Waals surface area contributed by atoms with Crippen molar-refractivity contribution >= 4 is 34.8 Å². The van der Waals surface area contributed by atoms with Crippen molar-refractivity contribution in [3.63, 3.8) is 0 Å². The van der Waals surface area contributed by atoms with Crippen LogP contribution in [0.5, 0.6) is 0 Å². The molecule has 0 fully saturated rings. The van der Waals surface area contributed by atoms with Gasteiger partial charge in [0, 0.05) is 83.7 Å². The smallest absolute Gasteiger partial charge is 0.573 e. The van der Waals surface area contributed by atoms with Gasteiger partial charge in [0.1, 0.15) is 22.8 Å². The molecule has 0 saturated carbocycles. The number of allylic oxidation sites excluding steroid dienone is 2. The van der Waals surface area contributed by atoms with Crippen LogP contribution in [0, 0.1) is 59.2 Å². The molecule has 8 aromatic rings. The Morgan fingerprint density at radius 1 is 0.413 bits per heavy atom. The monoisotopic (exact) mass is 1600 g/mol. The Morgan fingerprint density at radius 2 is 0.740 bits per heavy atom. The summed E-state index contributed by atoms with van der Waals surface area (Å²) in [6.07, 6.45) is 24.1. The number of nitrogens with zero attached hydrogens (tertiary/aromatic N) is 11. The molecule has 0 bridgehead atoms. The van der Waals surface area contributed by atoms with E-state index in [0.717, 1.165) is 121 Å². The van der Waals surface area contributed by atoms with Gasteiger partial charge < -0.3 is 35.3 Å². The van der Waals surface area contributed by atoms with Crippen molar-refractivity contribution in [1.82, 2.24) is 50.3 Å². The number of aliphatic imine (C=N–C) groups is 1. The van der Waals surface area contributed by atoms with Crippen LogP contribution in [0.1, 0.15) is 228 Å². The molecule has 0 unspecified atom stereocenters. The number of pyridine rings is 6. The van der Waals surface area contributed by atoms with Gasteiger partial charge in [0.2, 0.25) is 0 Å². The van der Waals surface area contributed by atoms with Gasteiger partial charge >= 0.3 is 33.0 Å². The number of esters is 1. The normalized spacial score (nSPS) is 11.9. The summed E-state index contributed by atoms with van der Waals surface area (Å²) in [6.45, 7) is 44.1. The molecule has 9 rings (SSSR count). The van der Waals surface area contributed by atoms with E-state index < -0.39 is 5.97 Å². The summed E-state index contributed by atoms with van der Waals surface area (Å²) in [5.74, 6) is 4.40. The number of carbonyl (C=O) groups excluding carboxylic acids is 2. The van der Waals surface area contributed by atoms with Crippen LogP contribution in [-0.2, 0) is 82.0 Å². The topological polar surface area (TPSA) is 245 Å². The number of methoxy groups -OCH3 is 1. The van der Waals surface area contributed by atoms with Crippen LogP contribution in [0.4, 0.5) is 0 Å². The molecule has 104 heavy (non-hydrogen) atoms. The van der Waals surface area contributed by atoms with Crippen molar-refractivity contribution in [3.05, 3.63) is 202 Å². The molecule has 564 valence electrons. The summed E-state index contributed by atoms with van der Waals surface area (Å²) in [5.41, 5.74) is 17.4. The zero-order valence-electron chi connectivity index (χ0n) is 66.0. The molecule has 0 aliphatic carbocycles. The number of ketones is 1. The fourth-order valence-electron chi connectivity index (χ4n) is 10.9. The minimum absolute atomic E-state index is 0. The SMILES string of the molecule is CC(C)CC(=O)C=C(O)c1ccc(CC(C)C)cn1.CC(C)CC1=NCC(c2ccc(CC(C)C)cn2)=C1.CC(C)Cc1ccc(-c2cc(CC(C)C)n[n-]2)nc1.CC(C)Cc1ccc(-c2cc(CC(C)C)n[n-]2)nc1.CC(C)Cc1ccc(C(=O)O)nc1.COC(=O)c1ccc(CC(C)C)cn1.[Pt+2]. The van der Waals surface area contributed by atoms with E-state index in [4.69, 9.17) is 5.11 Å². The summed E-state index contributed by atoms with van der Waals surface area (Å²) in [4.78, 5) is 63.3. The van der Waals surface area contributed by atoms with Crippen molar-refractivity contribution in [2.75, 3.05) is 13.7 Å².